The standard InChI is InChI=1S/C22H28N2O5/c1-27-20-9-8-16(14-17(20)22(26)29-3)19(25)15-23-10-12-24(13-11-23)18-6-4-5-7-21(18)28-2/h4-9,14,19,25H,10-13,15H2,1-3H3. The first kappa shape index (κ1) is 21.0. The van der Waals surface area contributed by atoms with Gasteiger partial charge in [0.1, 0.15) is 17.1 Å². The molecule has 0 radical (unpaired) electrons. The Kier molecular flexibility index (Phi) is 6.95. The molecule has 1 heterocycles. The monoisotopic (exact) mass is 400 g/mol. The molecule has 1 saturated heterocycles. The van der Waals surface area contributed by atoms with E-state index in [9.17, 15) is 9.90 Å². The Hall–Kier alpha value is -2.77. The highest BCUT2D eigenvalue weighted by atomic mass is 16.5. The minimum Gasteiger partial charge on any atom is -0.496 e. The van der Waals surface area contributed by atoms with E-state index in [0.29, 0.717) is 23.4 Å². The number of hydrogen-bond acceptors (Lipinski definition) is 7. The van der Waals surface area contributed by atoms with Gasteiger partial charge in [-0.25, -0.2) is 4.79 Å². The fourth-order valence-corrected chi connectivity index (χ4v) is 3.61. The van der Waals surface area contributed by atoms with Crippen LogP contribution in [0.15, 0.2) is 42.5 Å². The molecule has 0 aliphatic carbocycles. The van der Waals surface area contributed by atoms with Gasteiger partial charge in [-0.15, -0.1) is 0 Å². The van der Waals surface area contributed by atoms with Crippen LogP contribution >= 0.6 is 0 Å². The molecule has 1 aliphatic rings. The summed E-state index contributed by atoms with van der Waals surface area (Å²) in [5, 5.41) is 10.7. The van der Waals surface area contributed by atoms with Crippen LogP contribution in [0.25, 0.3) is 0 Å². The Labute approximate surface area is 171 Å². The predicted molar refractivity (Wildman–Crippen MR) is 111 cm³/mol. The molecule has 1 aliphatic heterocycles. The maximum atomic E-state index is 12.0. The number of β-amino-alcohol motifs (C(OH)–C–C–N with tert-alkyl or cyclic N) is 1. The number of para-hydroxylation sites is 2. The first-order valence-corrected chi connectivity index (χ1v) is 9.62. The van der Waals surface area contributed by atoms with Gasteiger partial charge in [-0.3, -0.25) is 4.90 Å². The number of esters is 1. The maximum absolute atomic E-state index is 12.0. The van der Waals surface area contributed by atoms with E-state index in [1.165, 1.54) is 14.2 Å². The van der Waals surface area contributed by atoms with Crippen LogP contribution in [0.4, 0.5) is 5.69 Å². The molecule has 3 rings (SSSR count). The van der Waals surface area contributed by atoms with Crippen molar-refractivity contribution >= 4 is 11.7 Å². The Morgan fingerprint density at radius 3 is 2.34 bits per heavy atom. The van der Waals surface area contributed by atoms with E-state index in [-0.39, 0.29) is 0 Å². The van der Waals surface area contributed by atoms with E-state index >= 15 is 0 Å². The number of piperazine rings is 1. The van der Waals surface area contributed by atoms with Gasteiger partial charge in [-0.1, -0.05) is 18.2 Å². The van der Waals surface area contributed by atoms with E-state index in [4.69, 9.17) is 14.2 Å². The van der Waals surface area contributed by atoms with E-state index in [0.717, 1.165) is 37.6 Å². The SMILES string of the molecule is COC(=O)c1cc(C(O)CN2CCN(c3ccccc3OC)CC2)ccc1OC. The van der Waals surface area contributed by atoms with Crippen molar-refractivity contribution < 1.29 is 24.1 Å². The number of methoxy groups -OCH3 is 3. The van der Waals surface area contributed by atoms with Crippen molar-refractivity contribution in [2.24, 2.45) is 0 Å². The van der Waals surface area contributed by atoms with Crippen molar-refractivity contribution in [1.29, 1.82) is 0 Å². The zero-order valence-corrected chi connectivity index (χ0v) is 17.1. The summed E-state index contributed by atoms with van der Waals surface area (Å²) in [6.45, 7) is 3.85. The first-order valence-electron chi connectivity index (χ1n) is 9.62. The molecule has 0 aromatic heterocycles. The highest BCUT2D eigenvalue weighted by Gasteiger charge is 2.23. The number of nitrogens with zero attached hydrogens (tertiary/aromatic N) is 2. The Morgan fingerprint density at radius 1 is 1.00 bits per heavy atom. The lowest BCUT2D eigenvalue weighted by atomic mass is 10.0. The summed E-state index contributed by atoms with van der Waals surface area (Å²) in [6, 6.07) is 13.1. The number of anilines is 1. The van der Waals surface area contributed by atoms with Crippen molar-refractivity contribution in [2.75, 3.05) is 59.0 Å². The molecule has 29 heavy (non-hydrogen) atoms. The second-order valence-electron chi connectivity index (χ2n) is 6.93. The van der Waals surface area contributed by atoms with Gasteiger partial charge in [0.05, 0.1) is 33.1 Å². The summed E-state index contributed by atoms with van der Waals surface area (Å²) in [5.41, 5.74) is 2.07. The molecule has 7 nitrogen and oxygen atoms in total. The number of ether oxygens (including phenoxy) is 3. The lowest BCUT2D eigenvalue weighted by Gasteiger charge is -2.37. The smallest absolute Gasteiger partial charge is 0.341 e. The van der Waals surface area contributed by atoms with Crippen LogP contribution in [0.1, 0.15) is 22.0 Å². The van der Waals surface area contributed by atoms with Gasteiger partial charge in [0.2, 0.25) is 0 Å². The van der Waals surface area contributed by atoms with Crippen LogP contribution in [0.2, 0.25) is 0 Å². The number of hydrogen-bond donors (Lipinski definition) is 1. The Morgan fingerprint density at radius 2 is 1.69 bits per heavy atom. The third kappa shape index (κ3) is 4.81. The van der Waals surface area contributed by atoms with Crippen LogP contribution in [0.3, 0.4) is 0 Å². The fraction of sp³-hybridized carbons (Fsp3) is 0.409. The maximum Gasteiger partial charge on any atom is 0.341 e. The molecule has 1 atom stereocenters. The zero-order chi connectivity index (χ0) is 20.8. The summed E-state index contributed by atoms with van der Waals surface area (Å²) < 4.78 is 15.5. The average molecular weight is 400 g/mol. The third-order valence-corrected chi connectivity index (χ3v) is 5.24. The molecule has 156 valence electrons. The molecule has 0 amide bonds. The fourth-order valence-electron chi connectivity index (χ4n) is 3.61. The molecule has 1 fully saturated rings. The summed E-state index contributed by atoms with van der Waals surface area (Å²) in [4.78, 5) is 16.5. The van der Waals surface area contributed by atoms with Crippen LogP contribution < -0.4 is 14.4 Å². The predicted octanol–water partition coefficient (Wildman–Crippen LogP) is 2.35. The number of carbonyl (C=O) groups is 1. The van der Waals surface area contributed by atoms with Crippen molar-refractivity contribution in [3.05, 3.63) is 53.6 Å². The molecule has 2 aromatic carbocycles. The van der Waals surface area contributed by atoms with E-state index < -0.39 is 12.1 Å². The Bertz CT molecular complexity index is 834. The zero-order valence-electron chi connectivity index (χ0n) is 17.1. The molecule has 0 bridgehead atoms. The van der Waals surface area contributed by atoms with Crippen molar-refractivity contribution in [3.8, 4) is 11.5 Å². The topological polar surface area (TPSA) is 71.5 Å². The largest absolute Gasteiger partial charge is 0.496 e. The molecular weight excluding hydrogens is 372 g/mol. The first-order chi connectivity index (χ1) is 14.1. The average Bonchev–Trinajstić information content (AvgIpc) is 2.78. The lowest BCUT2D eigenvalue weighted by molar-refractivity contribution is 0.0596. The van der Waals surface area contributed by atoms with Gasteiger partial charge in [0.25, 0.3) is 0 Å². The van der Waals surface area contributed by atoms with Crippen LogP contribution in [0.5, 0.6) is 11.5 Å². The number of aliphatic hydroxyl groups is 1. The van der Waals surface area contributed by atoms with E-state index in [2.05, 4.69) is 15.9 Å². The number of benzene rings is 2. The third-order valence-electron chi connectivity index (χ3n) is 5.24. The lowest BCUT2D eigenvalue weighted by Crippen LogP contribution is -2.47. The summed E-state index contributed by atoms with van der Waals surface area (Å²) >= 11 is 0. The second-order valence-corrected chi connectivity index (χ2v) is 6.93. The van der Waals surface area contributed by atoms with Gasteiger partial charge in [-0.2, -0.15) is 0 Å². The van der Waals surface area contributed by atoms with Crippen molar-refractivity contribution in [1.82, 2.24) is 4.90 Å². The number of rotatable bonds is 7. The molecule has 0 spiro atoms. The van der Waals surface area contributed by atoms with E-state index in [1.54, 1.807) is 25.3 Å². The highest BCUT2D eigenvalue weighted by molar-refractivity contribution is 5.92. The quantitative estimate of drug-likeness (QED) is 0.716. The minimum atomic E-state index is -0.706. The van der Waals surface area contributed by atoms with Crippen molar-refractivity contribution in [2.45, 2.75) is 6.10 Å². The van der Waals surface area contributed by atoms with Crippen molar-refractivity contribution in [3.63, 3.8) is 0 Å². The molecule has 1 N–H and O–H groups in total. The number of aliphatic hydroxyl groups excluding tert-OH is 1. The minimum absolute atomic E-state index is 0.313. The molecule has 0 saturated carbocycles. The summed E-state index contributed by atoms with van der Waals surface area (Å²) in [7, 11) is 4.51. The van der Waals surface area contributed by atoms with Gasteiger partial charge < -0.3 is 24.2 Å². The van der Waals surface area contributed by atoms with Gasteiger partial charge in [-0.05, 0) is 29.8 Å². The molecular formula is C22H28N2O5. The van der Waals surface area contributed by atoms with Crippen LogP contribution in [-0.4, -0.2) is 70.0 Å². The molecule has 1 unspecified atom stereocenters. The van der Waals surface area contributed by atoms with Crippen LogP contribution in [0, 0.1) is 0 Å². The Balaban J connectivity index is 1.62. The molecule has 7 heteroatoms. The highest BCUT2D eigenvalue weighted by Crippen LogP contribution is 2.29. The normalized spacial score (nSPS) is 15.7. The van der Waals surface area contributed by atoms with E-state index in [1.807, 2.05) is 18.2 Å². The van der Waals surface area contributed by atoms with Gasteiger partial charge in [0, 0.05) is 32.7 Å². The second kappa shape index (κ2) is 9.62. The van der Waals surface area contributed by atoms with Gasteiger partial charge >= 0.3 is 5.97 Å². The number of carbonyl (C=O) groups excluding carboxylic acids is 1. The van der Waals surface area contributed by atoms with Crippen LogP contribution in [-0.2, 0) is 4.74 Å². The summed E-state index contributed by atoms with van der Waals surface area (Å²) in [6.07, 6.45) is -0.706. The van der Waals surface area contributed by atoms with Gasteiger partial charge in [0.15, 0.2) is 0 Å². The summed E-state index contributed by atoms with van der Waals surface area (Å²) in [5.74, 6) is 0.814. The molecule has 2 aromatic rings.